The molecule has 0 aliphatic rings. The van der Waals surface area contributed by atoms with Crippen molar-refractivity contribution in [3.05, 3.63) is 26.9 Å². The third-order valence-electron chi connectivity index (χ3n) is 1.77. The van der Waals surface area contributed by atoms with Gasteiger partial charge >= 0.3 is 0 Å². The first-order valence-corrected chi connectivity index (χ1v) is 6.27. The second kappa shape index (κ2) is 6.83. The van der Waals surface area contributed by atoms with E-state index >= 15 is 0 Å². The molecule has 94 valence electrons. The highest BCUT2D eigenvalue weighted by molar-refractivity contribution is 9.11. The number of thiophene rings is 1. The summed E-state index contributed by atoms with van der Waals surface area (Å²) in [7, 11) is 0. The molecule has 1 atom stereocenters. The molecule has 0 aliphatic heterocycles. The van der Waals surface area contributed by atoms with Crippen molar-refractivity contribution in [3.63, 3.8) is 0 Å². The summed E-state index contributed by atoms with van der Waals surface area (Å²) in [6, 6.07) is 3.65. The molecule has 17 heavy (non-hydrogen) atoms. The van der Waals surface area contributed by atoms with Gasteiger partial charge in [0.2, 0.25) is 5.91 Å². The fourth-order valence-corrected chi connectivity index (χ4v) is 2.26. The number of nitrogens with one attached hydrogen (secondary N) is 1. The second-order valence-corrected chi connectivity index (χ2v) is 5.62. The van der Waals surface area contributed by atoms with Crippen LogP contribution in [0.15, 0.2) is 22.0 Å². The van der Waals surface area contributed by atoms with Gasteiger partial charge in [0.05, 0.1) is 3.79 Å². The third-order valence-corrected chi connectivity index (χ3v) is 3.36. The maximum Gasteiger partial charge on any atom is 0.265 e. The standard InChI is InChI=1S/C10H10BrF2NO2S/c11-8-3-1-6(17-8)2-4-9(16)14-5-7(15)10(12)13/h1-4,7,10,15H,5H2,(H,14,16)/b4-2+. The number of amides is 1. The van der Waals surface area contributed by atoms with E-state index < -0.39 is 25.0 Å². The van der Waals surface area contributed by atoms with Crippen molar-refractivity contribution in [1.29, 1.82) is 0 Å². The molecule has 2 N–H and O–H groups in total. The smallest absolute Gasteiger partial charge is 0.265 e. The zero-order valence-corrected chi connectivity index (χ0v) is 11.0. The number of aliphatic hydroxyl groups is 1. The van der Waals surface area contributed by atoms with Gasteiger partial charge in [-0.2, -0.15) is 0 Å². The molecule has 0 saturated heterocycles. The zero-order valence-electron chi connectivity index (χ0n) is 8.57. The normalized spacial score (nSPS) is 13.2. The molecule has 1 aromatic heterocycles. The van der Waals surface area contributed by atoms with Crippen LogP contribution in [0.4, 0.5) is 8.78 Å². The molecule has 1 heterocycles. The average molecular weight is 326 g/mol. The van der Waals surface area contributed by atoms with E-state index in [1.54, 1.807) is 6.08 Å². The first-order chi connectivity index (χ1) is 7.99. The van der Waals surface area contributed by atoms with E-state index in [4.69, 9.17) is 5.11 Å². The number of aliphatic hydroxyl groups excluding tert-OH is 1. The molecule has 1 amide bonds. The van der Waals surface area contributed by atoms with E-state index in [-0.39, 0.29) is 0 Å². The van der Waals surface area contributed by atoms with Gasteiger partial charge in [-0.25, -0.2) is 8.78 Å². The Hall–Kier alpha value is -0.790. The van der Waals surface area contributed by atoms with Crippen LogP contribution in [0.25, 0.3) is 6.08 Å². The lowest BCUT2D eigenvalue weighted by molar-refractivity contribution is -0.117. The molecule has 0 saturated carbocycles. The molecule has 3 nitrogen and oxygen atoms in total. The predicted molar refractivity (Wildman–Crippen MR) is 66.1 cm³/mol. The van der Waals surface area contributed by atoms with Crippen LogP contribution < -0.4 is 5.32 Å². The maximum absolute atomic E-state index is 11.9. The fourth-order valence-electron chi connectivity index (χ4n) is 0.929. The molecule has 7 heteroatoms. The second-order valence-electron chi connectivity index (χ2n) is 3.12. The van der Waals surface area contributed by atoms with Crippen LogP contribution in [0.1, 0.15) is 4.88 Å². The summed E-state index contributed by atoms with van der Waals surface area (Å²) in [5.41, 5.74) is 0. The zero-order chi connectivity index (χ0) is 12.8. The molecule has 0 aliphatic carbocycles. The van der Waals surface area contributed by atoms with Crippen molar-refractivity contribution < 1.29 is 18.7 Å². The highest BCUT2D eigenvalue weighted by Crippen LogP contribution is 2.22. The van der Waals surface area contributed by atoms with E-state index in [1.807, 2.05) is 12.1 Å². The van der Waals surface area contributed by atoms with Crippen LogP contribution in [-0.2, 0) is 4.79 Å². The van der Waals surface area contributed by atoms with Crippen LogP contribution in [0.3, 0.4) is 0 Å². The van der Waals surface area contributed by atoms with Crippen molar-refractivity contribution in [2.45, 2.75) is 12.5 Å². The number of hydrogen-bond donors (Lipinski definition) is 2. The van der Waals surface area contributed by atoms with Gasteiger partial charge in [0.25, 0.3) is 6.43 Å². The van der Waals surface area contributed by atoms with Gasteiger partial charge in [-0.1, -0.05) is 0 Å². The van der Waals surface area contributed by atoms with Crippen molar-refractivity contribution in [1.82, 2.24) is 5.32 Å². The summed E-state index contributed by atoms with van der Waals surface area (Å²) in [6.07, 6.45) is -1.88. The maximum atomic E-state index is 11.9. The van der Waals surface area contributed by atoms with Crippen molar-refractivity contribution in [3.8, 4) is 0 Å². The minimum absolute atomic E-state index is 0.463. The first kappa shape index (κ1) is 14.3. The first-order valence-electron chi connectivity index (χ1n) is 4.66. The van der Waals surface area contributed by atoms with Crippen LogP contribution in [-0.4, -0.2) is 30.1 Å². The van der Waals surface area contributed by atoms with Crippen LogP contribution in [0.5, 0.6) is 0 Å². The van der Waals surface area contributed by atoms with Gasteiger partial charge in [-0.05, 0) is 34.1 Å². The quantitative estimate of drug-likeness (QED) is 0.816. The van der Waals surface area contributed by atoms with Gasteiger partial charge < -0.3 is 10.4 Å². The topological polar surface area (TPSA) is 49.3 Å². The Labute approximate surface area is 109 Å². The lowest BCUT2D eigenvalue weighted by atomic mass is 10.3. The summed E-state index contributed by atoms with van der Waals surface area (Å²) in [6.45, 7) is -0.463. The molecule has 0 fully saturated rings. The molecule has 1 unspecified atom stereocenters. The Morgan fingerprint density at radius 2 is 2.29 bits per heavy atom. The summed E-state index contributed by atoms with van der Waals surface area (Å²) < 4.78 is 24.8. The highest BCUT2D eigenvalue weighted by Gasteiger charge is 2.16. The van der Waals surface area contributed by atoms with Crippen LogP contribution >= 0.6 is 27.3 Å². The Kier molecular flexibility index (Phi) is 5.73. The van der Waals surface area contributed by atoms with Gasteiger partial charge in [0.15, 0.2) is 0 Å². The largest absolute Gasteiger partial charge is 0.385 e. The van der Waals surface area contributed by atoms with Crippen molar-refractivity contribution in [2.75, 3.05) is 6.54 Å². The third kappa shape index (κ3) is 5.38. The molecule has 0 radical (unpaired) electrons. The average Bonchev–Trinajstić information content (AvgIpc) is 2.69. The minimum Gasteiger partial charge on any atom is -0.385 e. The SMILES string of the molecule is O=C(/C=C/c1ccc(Br)s1)NCC(O)C(F)F. The van der Waals surface area contributed by atoms with Gasteiger partial charge in [0.1, 0.15) is 6.10 Å². The van der Waals surface area contributed by atoms with Crippen LogP contribution in [0, 0.1) is 0 Å². The lowest BCUT2D eigenvalue weighted by Gasteiger charge is -2.08. The fraction of sp³-hybridized carbons (Fsp3) is 0.300. The molecule has 1 rings (SSSR count). The summed E-state index contributed by atoms with van der Waals surface area (Å²) in [4.78, 5) is 12.1. The molecular weight excluding hydrogens is 316 g/mol. The van der Waals surface area contributed by atoms with Gasteiger partial charge in [0, 0.05) is 17.5 Å². The predicted octanol–water partition coefficient (Wildman–Crippen LogP) is 2.27. The number of carbonyl (C=O) groups is 1. The molecule has 0 aromatic carbocycles. The monoisotopic (exact) mass is 325 g/mol. The van der Waals surface area contributed by atoms with Crippen molar-refractivity contribution >= 4 is 39.2 Å². The van der Waals surface area contributed by atoms with E-state index in [9.17, 15) is 13.6 Å². The Morgan fingerprint density at radius 3 is 2.82 bits per heavy atom. The number of halogens is 3. The lowest BCUT2D eigenvalue weighted by Crippen LogP contribution is -2.34. The molecule has 0 spiro atoms. The summed E-state index contributed by atoms with van der Waals surface area (Å²) >= 11 is 4.71. The minimum atomic E-state index is -2.85. The number of rotatable bonds is 5. The van der Waals surface area contributed by atoms with Gasteiger partial charge in [-0.15, -0.1) is 11.3 Å². The number of hydrogen-bond acceptors (Lipinski definition) is 3. The molecule has 1 aromatic rings. The van der Waals surface area contributed by atoms with E-state index in [2.05, 4.69) is 21.2 Å². The Balaban J connectivity index is 2.37. The molecular formula is C10H10BrF2NO2S. The van der Waals surface area contributed by atoms with Crippen LogP contribution in [0.2, 0.25) is 0 Å². The summed E-state index contributed by atoms with van der Waals surface area (Å²) in [5.74, 6) is -0.519. The Morgan fingerprint density at radius 1 is 1.59 bits per heavy atom. The summed E-state index contributed by atoms with van der Waals surface area (Å²) in [5, 5.41) is 10.9. The van der Waals surface area contributed by atoms with E-state index in [0.717, 1.165) is 8.66 Å². The Bertz CT molecular complexity index is 409. The van der Waals surface area contributed by atoms with E-state index in [1.165, 1.54) is 17.4 Å². The van der Waals surface area contributed by atoms with E-state index in [0.29, 0.717) is 0 Å². The van der Waals surface area contributed by atoms with Gasteiger partial charge in [-0.3, -0.25) is 4.79 Å². The molecule has 0 bridgehead atoms. The van der Waals surface area contributed by atoms with Crippen molar-refractivity contribution in [2.24, 2.45) is 0 Å². The number of carbonyl (C=O) groups excluding carboxylic acids is 1. The number of alkyl halides is 2. The highest BCUT2D eigenvalue weighted by atomic mass is 79.9.